The minimum Gasteiger partial charge on any atom is -0.297 e. The fourth-order valence-corrected chi connectivity index (χ4v) is 4.45. The van der Waals surface area contributed by atoms with Gasteiger partial charge in [0, 0.05) is 6.42 Å². The monoisotopic (exact) mass is 400 g/mol. The van der Waals surface area contributed by atoms with Crippen LogP contribution < -0.4 is 10.1 Å². The molecule has 2 heterocycles. The molecule has 0 amide bonds. The van der Waals surface area contributed by atoms with Crippen LogP contribution in [0, 0.1) is 0 Å². The van der Waals surface area contributed by atoms with Crippen LogP contribution in [-0.4, -0.2) is 24.0 Å². The van der Waals surface area contributed by atoms with Crippen molar-refractivity contribution in [2.45, 2.75) is 31.1 Å². The van der Waals surface area contributed by atoms with Crippen LogP contribution in [0.2, 0.25) is 0 Å². The SMILES string of the molecule is CC(=O)C1C[C@@]2(CN(c3ccccc3)O[C@H]2c2ccccc2)N(c2ccccc2)O1. The lowest BCUT2D eigenvalue weighted by atomic mass is 9.83. The van der Waals surface area contributed by atoms with E-state index in [2.05, 4.69) is 12.1 Å². The molecule has 0 aliphatic carbocycles. The first-order valence-electron chi connectivity index (χ1n) is 10.2. The van der Waals surface area contributed by atoms with Crippen LogP contribution in [0.25, 0.3) is 0 Å². The first kappa shape index (κ1) is 18.9. The fourth-order valence-electron chi connectivity index (χ4n) is 4.45. The lowest BCUT2D eigenvalue weighted by molar-refractivity contribution is -0.126. The highest BCUT2D eigenvalue weighted by Gasteiger charge is 2.60. The van der Waals surface area contributed by atoms with E-state index >= 15 is 0 Å². The van der Waals surface area contributed by atoms with E-state index in [-0.39, 0.29) is 11.9 Å². The highest BCUT2D eigenvalue weighted by molar-refractivity contribution is 5.81. The van der Waals surface area contributed by atoms with Crippen LogP contribution in [0.3, 0.4) is 0 Å². The Morgan fingerprint density at radius 2 is 1.40 bits per heavy atom. The molecule has 3 atom stereocenters. The Kier molecular flexibility index (Phi) is 4.77. The van der Waals surface area contributed by atoms with E-state index in [1.54, 1.807) is 6.92 Å². The van der Waals surface area contributed by atoms with Crippen molar-refractivity contribution in [3.8, 4) is 0 Å². The summed E-state index contributed by atoms with van der Waals surface area (Å²) in [5, 5.41) is 3.85. The van der Waals surface area contributed by atoms with Gasteiger partial charge >= 0.3 is 0 Å². The highest BCUT2D eigenvalue weighted by Crippen LogP contribution is 2.51. The predicted octanol–water partition coefficient (Wildman–Crippen LogP) is 4.72. The molecule has 2 saturated heterocycles. The first-order chi connectivity index (χ1) is 14.7. The Bertz CT molecular complexity index is 1010. The first-order valence-corrected chi connectivity index (χ1v) is 10.2. The number of carbonyl (C=O) groups is 1. The third-order valence-corrected chi connectivity index (χ3v) is 5.90. The van der Waals surface area contributed by atoms with Crippen molar-refractivity contribution in [1.29, 1.82) is 0 Å². The molecule has 5 nitrogen and oxygen atoms in total. The van der Waals surface area contributed by atoms with Gasteiger partial charge in [0.05, 0.1) is 17.9 Å². The van der Waals surface area contributed by atoms with Gasteiger partial charge in [-0.3, -0.25) is 19.5 Å². The lowest BCUT2D eigenvalue weighted by Crippen LogP contribution is -2.49. The molecule has 2 aliphatic heterocycles. The summed E-state index contributed by atoms with van der Waals surface area (Å²) >= 11 is 0. The third-order valence-electron chi connectivity index (χ3n) is 5.90. The fraction of sp³-hybridized carbons (Fsp3) is 0.240. The number of carbonyl (C=O) groups excluding carboxylic acids is 1. The molecular weight excluding hydrogens is 376 g/mol. The van der Waals surface area contributed by atoms with Gasteiger partial charge in [-0.2, -0.15) is 0 Å². The lowest BCUT2D eigenvalue weighted by Gasteiger charge is -2.36. The maximum atomic E-state index is 12.4. The van der Waals surface area contributed by atoms with E-state index < -0.39 is 11.6 Å². The summed E-state index contributed by atoms with van der Waals surface area (Å²) in [6.07, 6.45) is -0.237. The van der Waals surface area contributed by atoms with E-state index in [4.69, 9.17) is 9.68 Å². The molecule has 2 fully saturated rings. The predicted molar refractivity (Wildman–Crippen MR) is 116 cm³/mol. The Balaban J connectivity index is 1.63. The number of hydrogen-bond acceptors (Lipinski definition) is 5. The molecule has 0 saturated carbocycles. The van der Waals surface area contributed by atoms with Gasteiger partial charge in [-0.05, 0) is 36.8 Å². The maximum Gasteiger partial charge on any atom is 0.161 e. The number of anilines is 2. The molecule has 0 aromatic heterocycles. The van der Waals surface area contributed by atoms with Gasteiger partial charge in [0.1, 0.15) is 17.7 Å². The number of para-hydroxylation sites is 2. The van der Waals surface area contributed by atoms with Gasteiger partial charge in [-0.15, -0.1) is 0 Å². The Morgan fingerprint density at radius 3 is 2.00 bits per heavy atom. The van der Waals surface area contributed by atoms with Crippen molar-refractivity contribution in [1.82, 2.24) is 0 Å². The van der Waals surface area contributed by atoms with Crippen LogP contribution in [0.15, 0.2) is 91.0 Å². The molecule has 5 heteroatoms. The van der Waals surface area contributed by atoms with Crippen molar-refractivity contribution in [3.05, 3.63) is 96.6 Å². The summed E-state index contributed by atoms with van der Waals surface area (Å²) in [6, 6.07) is 30.2. The van der Waals surface area contributed by atoms with Crippen molar-refractivity contribution in [3.63, 3.8) is 0 Å². The molecule has 0 radical (unpaired) electrons. The molecule has 5 rings (SSSR count). The minimum atomic E-state index is -0.547. The smallest absolute Gasteiger partial charge is 0.161 e. The number of benzene rings is 3. The highest BCUT2D eigenvalue weighted by atomic mass is 16.7. The standard InChI is InChI=1S/C25H24N2O3/c1-19(28)23-17-25(27(29-23)22-15-9-4-10-16-22)18-26(21-13-7-3-8-14-21)30-24(25)20-11-5-2-6-12-20/h2-16,23-24H,17-18H2,1H3/t23?,24-,25-/m0/s1. The number of hydroxylamine groups is 2. The Morgan fingerprint density at radius 1 is 0.833 bits per heavy atom. The van der Waals surface area contributed by atoms with Gasteiger partial charge in [0.15, 0.2) is 5.78 Å². The average molecular weight is 400 g/mol. The number of ketones is 1. The summed E-state index contributed by atoms with van der Waals surface area (Å²) in [5.41, 5.74) is 2.41. The molecule has 3 aromatic carbocycles. The molecular formula is C25H24N2O3. The van der Waals surface area contributed by atoms with Gasteiger partial charge in [0.25, 0.3) is 0 Å². The van der Waals surface area contributed by atoms with E-state index in [1.165, 1.54) is 0 Å². The van der Waals surface area contributed by atoms with Gasteiger partial charge in [-0.1, -0.05) is 66.7 Å². The largest absolute Gasteiger partial charge is 0.297 e. The molecule has 30 heavy (non-hydrogen) atoms. The molecule has 2 aliphatic rings. The van der Waals surface area contributed by atoms with Crippen LogP contribution in [-0.2, 0) is 14.5 Å². The molecule has 1 spiro atoms. The molecule has 1 unspecified atom stereocenters. The third kappa shape index (κ3) is 3.16. The van der Waals surface area contributed by atoms with Crippen molar-refractivity contribution in [2.75, 3.05) is 16.7 Å². The van der Waals surface area contributed by atoms with Crippen molar-refractivity contribution in [2.24, 2.45) is 0 Å². The summed E-state index contributed by atoms with van der Waals surface area (Å²) in [6.45, 7) is 2.17. The summed E-state index contributed by atoms with van der Waals surface area (Å²) in [7, 11) is 0. The second kappa shape index (κ2) is 7.59. The van der Waals surface area contributed by atoms with Gasteiger partial charge in [-0.25, -0.2) is 5.06 Å². The van der Waals surface area contributed by atoms with E-state index in [0.717, 1.165) is 16.9 Å². The van der Waals surface area contributed by atoms with E-state index in [1.807, 2.05) is 89.0 Å². The van der Waals surface area contributed by atoms with Crippen LogP contribution in [0.5, 0.6) is 0 Å². The maximum absolute atomic E-state index is 12.4. The van der Waals surface area contributed by atoms with E-state index in [9.17, 15) is 4.79 Å². The summed E-state index contributed by atoms with van der Waals surface area (Å²) in [5.74, 6) is 0.0257. The minimum absolute atomic E-state index is 0.0257. The Hall–Kier alpha value is -3.15. The van der Waals surface area contributed by atoms with Gasteiger partial charge < -0.3 is 0 Å². The van der Waals surface area contributed by atoms with Crippen molar-refractivity contribution < 1.29 is 14.5 Å². The molecule has 152 valence electrons. The molecule has 3 aromatic rings. The zero-order valence-corrected chi connectivity index (χ0v) is 16.8. The second-order valence-corrected chi connectivity index (χ2v) is 7.91. The summed E-state index contributed by atoms with van der Waals surface area (Å²) < 4.78 is 0. The summed E-state index contributed by atoms with van der Waals surface area (Å²) in [4.78, 5) is 25.2. The van der Waals surface area contributed by atoms with Gasteiger partial charge in [0.2, 0.25) is 0 Å². The second-order valence-electron chi connectivity index (χ2n) is 7.91. The quantitative estimate of drug-likeness (QED) is 0.634. The van der Waals surface area contributed by atoms with Crippen LogP contribution in [0.4, 0.5) is 11.4 Å². The molecule has 0 N–H and O–H groups in total. The topological polar surface area (TPSA) is 42.0 Å². The van der Waals surface area contributed by atoms with Crippen LogP contribution in [0.1, 0.15) is 25.0 Å². The van der Waals surface area contributed by atoms with Crippen LogP contribution >= 0.6 is 0 Å². The number of hydrogen-bond donors (Lipinski definition) is 0. The molecule has 0 bridgehead atoms. The average Bonchev–Trinajstić information content (AvgIpc) is 3.38. The Labute approximate surface area is 176 Å². The zero-order chi connectivity index (χ0) is 20.6. The zero-order valence-electron chi connectivity index (χ0n) is 16.8. The normalized spacial score (nSPS) is 25.8. The number of nitrogens with zero attached hydrogens (tertiary/aromatic N) is 2. The number of Topliss-reactive ketones (excluding diaryl/α,β-unsaturated/α-hetero) is 1. The van der Waals surface area contributed by atoms with Crippen molar-refractivity contribution >= 4 is 17.2 Å². The number of rotatable bonds is 4. The van der Waals surface area contributed by atoms with E-state index in [0.29, 0.717) is 13.0 Å².